The number of benzene rings is 1. The van der Waals surface area contributed by atoms with E-state index in [0.717, 1.165) is 31.7 Å². The number of ether oxygens (including phenoxy) is 1. The first-order valence-corrected chi connectivity index (χ1v) is 8.11. The van der Waals surface area contributed by atoms with Crippen molar-refractivity contribution in [2.24, 2.45) is 4.99 Å². The van der Waals surface area contributed by atoms with Crippen molar-refractivity contribution in [2.75, 3.05) is 33.3 Å². The van der Waals surface area contributed by atoms with Gasteiger partial charge in [0.25, 0.3) is 0 Å². The molecule has 0 aromatic heterocycles. The van der Waals surface area contributed by atoms with Crippen molar-refractivity contribution in [3.05, 3.63) is 29.8 Å². The number of methoxy groups -OCH3 is 1. The maximum atomic E-state index is 11.6. The Morgan fingerprint density at radius 2 is 1.79 bits per heavy atom. The van der Waals surface area contributed by atoms with E-state index in [1.165, 1.54) is 5.56 Å². The van der Waals surface area contributed by atoms with E-state index >= 15 is 0 Å². The summed E-state index contributed by atoms with van der Waals surface area (Å²) in [5, 5.41) is 9.18. The number of carbonyl (C=O) groups excluding carboxylic acids is 1. The van der Waals surface area contributed by atoms with Crippen LogP contribution in [0.5, 0.6) is 5.75 Å². The van der Waals surface area contributed by atoms with Crippen molar-refractivity contribution in [3.8, 4) is 5.75 Å². The molecule has 3 N–H and O–H groups in total. The van der Waals surface area contributed by atoms with Crippen LogP contribution in [0.1, 0.15) is 25.8 Å². The van der Waals surface area contributed by atoms with Crippen LogP contribution >= 0.6 is 24.0 Å². The molecule has 6 nitrogen and oxygen atoms in total. The number of amides is 1. The molecule has 136 valence electrons. The van der Waals surface area contributed by atoms with Gasteiger partial charge in [-0.1, -0.05) is 19.1 Å². The standard InChI is InChI=1S/C17H28N4O2.HI/c1-4-11-19-16(22)13-21-17(18-5-2)20-12-10-14-6-8-15(23-3)9-7-14;/h6-9H,4-5,10-13H2,1-3H3,(H,19,22)(H2,18,20,21);1H. The third-order valence-electron chi connectivity index (χ3n) is 3.16. The quantitative estimate of drug-likeness (QED) is 0.307. The average molecular weight is 448 g/mol. The molecule has 7 heteroatoms. The fourth-order valence-electron chi connectivity index (χ4n) is 1.93. The fourth-order valence-corrected chi connectivity index (χ4v) is 1.93. The van der Waals surface area contributed by atoms with E-state index in [4.69, 9.17) is 4.74 Å². The second-order valence-electron chi connectivity index (χ2n) is 5.07. The van der Waals surface area contributed by atoms with Crippen LogP contribution in [-0.2, 0) is 11.2 Å². The van der Waals surface area contributed by atoms with Crippen LogP contribution in [-0.4, -0.2) is 45.2 Å². The van der Waals surface area contributed by atoms with Gasteiger partial charge in [0, 0.05) is 19.6 Å². The highest BCUT2D eigenvalue weighted by atomic mass is 127. The van der Waals surface area contributed by atoms with Crippen molar-refractivity contribution < 1.29 is 9.53 Å². The van der Waals surface area contributed by atoms with E-state index < -0.39 is 0 Å². The lowest BCUT2D eigenvalue weighted by Crippen LogP contribution is -2.39. The normalized spacial score (nSPS) is 10.5. The number of aliphatic imine (C=N–C) groups is 1. The Hall–Kier alpha value is -1.51. The average Bonchev–Trinajstić information content (AvgIpc) is 2.58. The minimum Gasteiger partial charge on any atom is -0.497 e. The van der Waals surface area contributed by atoms with Gasteiger partial charge >= 0.3 is 0 Å². The number of rotatable bonds is 9. The number of guanidine groups is 1. The molecule has 0 saturated carbocycles. The third-order valence-corrected chi connectivity index (χ3v) is 3.16. The molecule has 1 aromatic rings. The molecule has 0 aliphatic rings. The Morgan fingerprint density at radius 1 is 1.08 bits per heavy atom. The van der Waals surface area contributed by atoms with Gasteiger partial charge in [-0.3, -0.25) is 4.79 Å². The summed E-state index contributed by atoms with van der Waals surface area (Å²) < 4.78 is 5.14. The number of carbonyl (C=O) groups is 1. The monoisotopic (exact) mass is 448 g/mol. The molecule has 0 heterocycles. The van der Waals surface area contributed by atoms with Crippen molar-refractivity contribution in [1.82, 2.24) is 16.0 Å². The minimum atomic E-state index is -0.0563. The fraction of sp³-hybridized carbons (Fsp3) is 0.529. The molecule has 1 amide bonds. The molecule has 1 aromatic carbocycles. The van der Waals surface area contributed by atoms with Crippen molar-refractivity contribution in [3.63, 3.8) is 0 Å². The lowest BCUT2D eigenvalue weighted by atomic mass is 10.1. The summed E-state index contributed by atoms with van der Waals surface area (Å²) in [5.74, 6) is 1.46. The lowest BCUT2D eigenvalue weighted by molar-refractivity contribution is -0.119. The molecule has 0 fully saturated rings. The number of nitrogens with zero attached hydrogens (tertiary/aromatic N) is 1. The summed E-state index contributed by atoms with van der Waals surface area (Å²) in [6.45, 7) is 6.35. The SMILES string of the molecule is CCCNC(=O)CN=C(NCC)NCCc1ccc(OC)cc1.I. The molecular weight excluding hydrogens is 419 g/mol. The zero-order valence-electron chi connectivity index (χ0n) is 14.7. The van der Waals surface area contributed by atoms with Crippen LogP contribution in [0, 0.1) is 0 Å². The molecule has 0 unspecified atom stereocenters. The van der Waals surface area contributed by atoms with E-state index in [9.17, 15) is 4.79 Å². The van der Waals surface area contributed by atoms with Gasteiger partial charge in [-0.05, 0) is 37.5 Å². The molecule has 0 spiro atoms. The van der Waals surface area contributed by atoms with E-state index in [1.54, 1.807) is 7.11 Å². The van der Waals surface area contributed by atoms with Crippen LogP contribution in [0.2, 0.25) is 0 Å². The Balaban J connectivity index is 0.00000529. The topological polar surface area (TPSA) is 74.8 Å². The van der Waals surface area contributed by atoms with Gasteiger partial charge in [0.15, 0.2) is 5.96 Å². The number of hydrogen-bond acceptors (Lipinski definition) is 3. The van der Waals surface area contributed by atoms with E-state index in [2.05, 4.69) is 20.9 Å². The molecule has 24 heavy (non-hydrogen) atoms. The number of halogens is 1. The van der Waals surface area contributed by atoms with Crippen LogP contribution < -0.4 is 20.7 Å². The second-order valence-corrected chi connectivity index (χ2v) is 5.07. The molecule has 0 atom stereocenters. The Morgan fingerprint density at radius 3 is 2.38 bits per heavy atom. The van der Waals surface area contributed by atoms with Gasteiger partial charge in [0.1, 0.15) is 12.3 Å². The molecule has 0 saturated heterocycles. The summed E-state index contributed by atoms with van der Waals surface area (Å²) >= 11 is 0. The third kappa shape index (κ3) is 9.59. The maximum absolute atomic E-state index is 11.6. The number of nitrogens with one attached hydrogen (secondary N) is 3. The lowest BCUT2D eigenvalue weighted by Gasteiger charge is -2.11. The summed E-state index contributed by atoms with van der Waals surface area (Å²) in [5.41, 5.74) is 1.22. The smallest absolute Gasteiger partial charge is 0.241 e. The Bertz CT molecular complexity index is 492. The van der Waals surface area contributed by atoms with Crippen molar-refractivity contribution >= 4 is 35.8 Å². The summed E-state index contributed by atoms with van der Waals surface area (Å²) in [4.78, 5) is 15.9. The van der Waals surface area contributed by atoms with E-state index in [0.29, 0.717) is 12.5 Å². The van der Waals surface area contributed by atoms with Crippen LogP contribution in [0.3, 0.4) is 0 Å². The predicted octanol–water partition coefficient (Wildman–Crippen LogP) is 1.94. The first-order valence-electron chi connectivity index (χ1n) is 8.11. The highest BCUT2D eigenvalue weighted by Crippen LogP contribution is 2.11. The largest absolute Gasteiger partial charge is 0.497 e. The first-order chi connectivity index (χ1) is 11.2. The highest BCUT2D eigenvalue weighted by Gasteiger charge is 2.01. The summed E-state index contributed by atoms with van der Waals surface area (Å²) in [7, 11) is 1.66. The maximum Gasteiger partial charge on any atom is 0.241 e. The summed E-state index contributed by atoms with van der Waals surface area (Å²) in [6.07, 6.45) is 1.80. The molecule has 0 bridgehead atoms. The van der Waals surface area contributed by atoms with E-state index in [1.807, 2.05) is 38.1 Å². The van der Waals surface area contributed by atoms with Gasteiger partial charge in [0.2, 0.25) is 5.91 Å². The van der Waals surface area contributed by atoms with Crippen LogP contribution in [0.25, 0.3) is 0 Å². The molecule has 0 aliphatic carbocycles. The van der Waals surface area contributed by atoms with Gasteiger partial charge in [-0.15, -0.1) is 24.0 Å². The summed E-state index contributed by atoms with van der Waals surface area (Å²) in [6, 6.07) is 7.99. The van der Waals surface area contributed by atoms with Crippen LogP contribution in [0.15, 0.2) is 29.3 Å². The predicted molar refractivity (Wildman–Crippen MR) is 109 cm³/mol. The molecule has 0 aliphatic heterocycles. The van der Waals surface area contributed by atoms with Gasteiger partial charge in [-0.2, -0.15) is 0 Å². The van der Waals surface area contributed by atoms with Crippen LogP contribution in [0.4, 0.5) is 0 Å². The molecular formula is C17H29IN4O2. The zero-order chi connectivity index (χ0) is 16.9. The first kappa shape index (κ1) is 22.5. The molecule has 0 radical (unpaired) electrons. The molecule has 1 rings (SSSR count). The van der Waals surface area contributed by atoms with Crippen molar-refractivity contribution in [1.29, 1.82) is 0 Å². The second kappa shape index (κ2) is 13.9. The van der Waals surface area contributed by atoms with Gasteiger partial charge in [0.05, 0.1) is 7.11 Å². The Labute approximate surface area is 161 Å². The Kier molecular flexibility index (Phi) is 13.0. The number of hydrogen-bond donors (Lipinski definition) is 3. The minimum absolute atomic E-state index is 0. The highest BCUT2D eigenvalue weighted by molar-refractivity contribution is 14.0. The van der Waals surface area contributed by atoms with Crippen molar-refractivity contribution in [2.45, 2.75) is 26.7 Å². The van der Waals surface area contributed by atoms with Gasteiger partial charge < -0.3 is 20.7 Å². The van der Waals surface area contributed by atoms with E-state index in [-0.39, 0.29) is 36.4 Å². The zero-order valence-corrected chi connectivity index (χ0v) is 17.1. The van der Waals surface area contributed by atoms with Gasteiger partial charge in [-0.25, -0.2) is 4.99 Å².